The fourth-order valence-electron chi connectivity index (χ4n) is 1.81. The minimum absolute atomic E-state index is 0.221. The van der Waals surface area contributed by atoms with Crippen molar-refractivity contribution in [1.82, 2.24) is 0 Å². The third kappa shape index (κ3) is 4.44. The average Bonchev–Trinajstić information content (AvgIpc) is 2.44. The van der Waals surface area contributed by atoms with Crippen molar-refractivity contribution in [2.75, 3.05) is 18.5 Å². The summed E-state index contributed by atoms with van der Waals surface area (Å²) in [7, 11) is 0. The van der Waals surface area contributed by atoms with Crippen LogP contribution in [0.2, 0.25) is 5.02 Å². The van der Waals surface area contributed by atoms with Gasteiger partial charge in [0.2, 0.25) is 0 Å². The molecule has 2 aromatic rings. The molecule has 4 heteroatoms. The molecule has 0 fully saturated rings. The lowest BCUT2D eigenvalue weighted by Crippen LogP contribution is -2.26. The van der Waals surface area contributed by atoms with Crippen molar-refractivity contribution >= 4 is 17.3 Å². The first-order chi connectivity index (χ1) is 9.65. The smallest absolute Gasteiger partial charge is 0.120 e. The van der Waals surface area contributed by atoms with Gasteiger partial charge >= 0.3 is 0 Å². The summed E-state index contributed by atoms with van der Waals surface area (Å²) < 4.78 is 5.49. The highest BCUT2D eigenvalue weighted by Crippen LogP contribution is 2.17. The highest BCUT2D eigenvalue weighted by atomic mass is 35.5. The Morgan fingerprint density at radius 2 is 2.00 bits per heavy atom. The second-order valence-corrected chi connectivity index (χ2v) is 5.05. The molecule has 20 heavy (non-hydrogen) atoms. The van der Waals surface area contributed by atoms with Crippen LogP contribution in [-0.4, -0.2) is 24.4 Å². The number of anilines is 1. The van der Waals surface area contributed by atoms with Crippen LogP contribution in [0.5, 0.6) is 5.75 Å². The number of hydrogen-bond donors (Lipinski definition) is 2. The largest absolute Gasteiger partial charge is 0.491 e. The molecular weight excluding hydrogens is 274 g/mol. The standard InChI is InChI=1S/C16H18ClNO2/c1-12-5-2-3-8-16(12)18-10-14(19)11-20-15-7-4-6-13(17)9-15/h2-9,14,18-19H,10-11H2,1H3. The van der Waals surface area contributed by atoms with E-state index >= 15 is 0 Å². The second kappa shape index (κ2) is 7.17. The zero-order valence-electron chi connectivity index (χ0n) is 11.3. The maximum atomic E-state index is 9.91. The molecule has 0 aliphatic heterocycles. The van der Waals surface area contributed by atoms with E-state index in [1.54, 1.807) is 12.1 Å². The van der Waals surface area contributed by atoms with Gasteiger partial charge in [-0.05, 0) is 36.8 Å². The molecular formula is C16H18ClNO2. The molecule has 0 heterocycles. The second-order valence-electron chi connectivity index (χ2n) is 4.62. The summed E-state index contributed by atoms with van der Waals surface area (Å²) in [5, 5.41) is 13.7. The van der Waals surface area contributed by atoms with E-state index in [0.717, 1.165) is 11.3 Å². The molecule has 0 aromatic heterocycles. The van der Waals surface area contributed by atoms with Crippen LogP contribution in [0.25, 0.3) is 0 Å². The normalized spacial score (nSPS) is 11.9. The Hall–Kier alpha value is -1.71. The van der Waals surface area contributed by atoms with Crippen molar-refractivity contribution in [1.29, 1.82) is 0 Å². The molecule has 0 bridgehead atoms. The maximum absolute atomic E-state index is 9.91. The molecule has 0 saturated carbocycles. The summed E-state index contributed by atoms with van der Waals surface area (Å²) in [5.41, 5.74) is 2.17. The molecule has 106 valence electrons. The quantitative estimate of drug-likeness (QED) is 0.856. The first kappa shape index (κ1) is 14.7. The van der Waals surface area contributed by atoms with Crippen LogP contribution in [0.4, 0.5) is 5.69 Å². The van der Waals surface area contributed by atoms with Crippen molar-refractivity contribution < 1.29 is 9.84 Å². The fourth-order valence-corrected chi connectivity index (χ4v) is 1.99. The highest BCUT2D eigenvalue weighted by molar-refractivity contribution is 6.30. The molecule has 0 aliphatic rings. The maximum Gasteiger partial charge on any atom is 0.120 e. The van der Waals surface area contributed by atoms with Crippen molar-refractivity contribution in [3.05, 3.63) is 59.1 Å². The lowest BCUT2D eigenvalue weighted by Gasteiger charge is -2.15. The van der Waals surface area contributed by atoms with Gasteiger partial charge in [0.15, 0.2) is 0 Å². The van der Waals surface area contributed by atoms with Crippen molar-refractivity contribution in [2.24, 2.45) is 0 Å². The Kier molecular flexibility index (Phi) is 5.27. The summed E-state index contributed by atoms with van der Waals surface area (Å²) >= 11 is 5.86. The lowest BCUT2D eigenvalue weighted by atomic mass is 10.2. The summed E-state index contributed by atoms with van der Waals surface area (Å²) in [5.74, 6) is 0.660. The van der Waals surface area contributed by atoms with Gasteiger partial charge in [-0.3, -0.25) is 0 Å². The summed E-state index contributed by atoms with van der Waals surface area (Å²) in [6.07, 6.45) is -0.589. The molecule has 0 aliphatic carbocycles. The first-order valence-electron chi connectivity index (χ1n) is 6.51. The van der Waals surface area contributed by atoms with Crippen molar-refractivity contribution in [2.45, 2.75) is 13.0 Å². The van der Waals surface area contributed by atoms with Crippen LogP contribution in [0, 0.1) is 6.92 Å². The minimum atomic E-state index is -0.589. The Morgan fingerprint density at radius 3 is 2.75 bits per heavy atom. The van der Waals surface area contributed by atoms with Gasteiger partial charge in [-0.1, -0.05) is 35.9 Å². The van der Waals surface area contributed by atoms with Crippen LogP contribution in [0.3, 0.4) is 0 Å². The molecule has 3 nitrogen and oxygen atoms in total. The number of hydrogen-bond acceptors (Lipinski definition) is 3. The van der Waals surface area contributed by atoms with E-state index in [1.807, 2.05) is 43.3 Å². The molecule has 0 saturated heterocycles. The zero-order chi connectivity index (χ0) is 14.4. The van der Waals surface area contributed by atoms with Gasteiger partial charge in [-0.25, -0.2) is 0 Å². The highest BCUT2D eigenvalue weighted by Gasteiger charge is 2.06. The Labute approximate surface area is 124 Å². The molecule has 0 amide bonds. The van der Waals surface area contributed by atoms with Gasteiger partial charge in [-0.2, -0.15) is 0 Å². The average molecular weight is 292 g/mol. The number of halogens is 1. The number of para-hydroxylation sites is 1. The zero-order valence-corrected chi connectivity index (χ0v) is 12.1. The molecule has 2 rings (SSSR count). The summed E-state index contributed by atoms with van der Waals surface area (Å²) in [4.78, 5) is 0. The topological polar surface area (TPSA) is 41.5 Å². The van der Waals surface area contributed by atoms with E-state index in [9.17, 15) is 5.11 Å². The predicted octanol–water partition coefficient (Wildman–Crippen LogP) is 3.50. The minimum Gasteiger partial charge on any atom is -0.491 e. The number of aryl methyl sites for hydroxylation is 1. The van der Waals surface area contributed by atoms with Gasteiger partial charge in [0.1, 0.15) is 18.5 Å². The number of rotatable bonds is 6. The van der Waals surface area contributed by atoms with Gasteiger partial charge in [0.25, 0.3) is 0 Å². The molecule has 1 atom stereocenters. The van der Waals surface area contributed by atoms with Crippen molar-refractivity contribution in [3.8, 4) is 5.75 Å². The van der Waals surface area contributed by atoms with E-state index in [1.165, 1.54) is 0 Å². The number of nitrogens with one attached hydrogen (secondary N) is 1. The van der Waals surface area contributed by atoms with Gasteiger partial charge in [-0.15, -0.1) is 0 Å². The van der Waals surface area contributed by atoms with Crippen LogP contribution in [0.15, 0.2) is 48.5 Å². The van der Waals surface area contributed by atoms with Gasteiger partial charge < -0.3 is 15.2 Å². The monoisotopic (exact) mass is 291 g/mol. The number of benzene rings is 2. The van der Waals surface area contributed by atoms with E-state index < -0.39 is 6.10 Å². The molecule has 1 unspecified atom stereocenters. The van der Waals surface area contributed by atoms with E-state index in [-0.39, 0.29) is 6.61 Å². The molecule has 0 radical (unpaired) electrons. The Balaban J connectivity index is 1.78. The predicted molar refractivity (Wildman–Crippen MR) is 82.6 cm³/mol. The van der Waals surface area contributed by atoms with E-state index in [4.69, 9.17) is 16.3 Å². The molecule has 2 N–H and O–H groups in total. The number of aliphatic hydroxyl groups excluding tert-OH is 1. The van der Waals surface area contributed by atoms with Gasteiger partial charge in [0.05, 0.1) is 0 Å². The summed E-state index contributed by atoms with van der Waals surface area (Å²) in [6.45, 7) is 2.68. The third-order valence-electron chi connectivity index (χ3n) is 2.91. The van der Waals surface area contributed by atoms with E-state index in [2.05, 4.69) is 5.32 Å². The molecule has 2 aromatic carbocycles. The van der Waals surface area contributed by atoms with E-state index in [0.29, 0.717) is 17.3 Å². The summed E-state index contributed by atoms with van der Waals surface area (Å²) in [6, 6.07) is 15.1. The Bertz CT molecular complexity index is 560. The SMILES string of the molecule is Cc1ccccc1NCC(O)COc1cccc(Cl)c1. The third-order valence-corrected chi connectivity index (χ3v) is 3.15. The van der Waals surface area contributed by atoms with Crippen LogP contribution < -0.4 is 10.1 Å². The van der Waals surface area contributed by atoms with Crippen LogP contribution >= 0.6 is 11.6 Å². The van der Waals surface area contributed by atoms with Crippen LogP contribution in [-0.2, 0) is 0 Å². The van der Waals surface area contributed by atoms with Crippen molar-refractivity contribution in [3.63, 3.8) is 0 Å². The molecule has 0 spiro atoms. The number of aliphatic hydroxyl groups is 1. The first-order valence-corrected chi connectivity index (χ1v) is 6.89. The number of ether oxygens (including phenoxy) is 1. The van der Waals surface area contributed by atoms with Crippen LogP contribution in [0.1, 0.15) is 5.56 Å². The Morgan fingerprint density at radius 1 is 1.20 bits per heavy atom. The lowest BCUT2D eigenvalue weighted by molar-refractivity contribution is 0.117. The fraction of sp³-hybridized carbons (Fsp3) is 0.250. The van der Waals surface area contributed by atoms with Gasteiger partial charge in [0, 0.05) is 17.3 Å².